The Balaban J connectivity index is 1.42. The Bertz CT molecular complexity index is 1150. The molecule has 3 aliphatic heterocycles. The first-order valence-electron chi connectivity index (χ1n) is 10.5. The van der Waals surface area contributed by atoms with Crippen molar-refractivity contribution in [1.29, 1.82) is 0 Å². The largest absolute Gasteiger partial charge is 0.322 e. The first-order chi connectivity index (χ1) is 14.8. The molecular formula is C24H23N3O4. The van der Waals surface area contributed by atoms with E-state index in [9.17, 15) is 19.2 Å². The van der Waals surface area contributed by atoms with E-state index in [1.54, 1.807) is 23.1 Å². The van der Waals surface area contributed by atoms with Crippen LogP contribution in [-0.2, 0) is 21.5 Å². The van der Waals surface area contributed by atoms with Crippen LogP contribution in [0.3, 0.4) is 0 Å². The average Bonchev–Trinajstić information content (AvgIpc) is 3.21. The van der Waals surface area contributed by atoms with Gasteiger partial charge in [-0.3, -0.25) is 24.5 Å². The van der Waals surface area contributed by atoms with Gasteiger partial charge in [0, 0.05) is 41.7 Å². The van der Waals surface area contributed by atoms with Gasteiger partial charge in [-0.2, -0.15) is 0 Å². The fraction of sp³-hybridized carbons (Fsp3) is 0.333. The lowest BCUT2D eigenvalue weighted by molar-refractivity contribution is -0.136. The average molecular weight is 417 g/mol. The van der Waals surface area contributed by atoms with E-state index in [-0.39, 0.29) is 36.1 Å². The fourth-order valence-electron chi connectivity index (χ4n) is 4.89. The second kappa shape index (κ2) is 6.77. The molecule has 158 valence electrons. The van der Waals surface area contributed by atoms with Crippen LogP contribution in [0.1, 0.15) is 58.5 Å². The molecule has 1 fully saturated rings. The Hall–Kier alpha value is -3.48. The third-order valence-corrected chi connectivity index (χ3v) is 6.49. The van der Waals surface area contributed by atoms with Gasteiger partial charge in [0.25, 0.3) is 11.8 Å². The highest BCUT2D eigenvalue weighted by atomic mass is 16.2. The zero-order valence-corrected chi connectivity index (χ0v) is 17.5. The quantitative estimate of drug-likeness (QED) is 0.760. The van der Waals surface area contributed by atoms with E-state index in [0.29, 0.717) is 24.1 Å². The monoisotopic (exact) mass is 417 g/mol. The van der Waals surface area contributed by atoms with E-state index in [2.05, 4.69) is 25.2 Å². The van der Waals surface area contributed by atoms with Gasteiger partial charge in [0.1, 0.15) is 6.04 Å². The topological polar surface area (TPSA) is 86.8 Å². The zero-order valence-electron chi connectivity index (χ0n) is 17.5. The molecule has 5 rings (SSSR count). The van der Waals surface area contributed by atoms with Crippen LogP contribution < -0.4 is 10.2 Å². The number of carbonyl (C=O) groups is 4. The van der Waals surface area contributed by atoms with Crippen molar-refractivity contribution in [2.24, 2.45) is 0 Å². The standard InChI is InChI=1S/C24H23N3O4/c1-24(2)13-27(18-6-4-3-5-17(18)24)22(30)14-7-8-16-15(11-14)12-26(23(16)31)19-9-10-20(28)25-21(19)29/h3-8,11,19H,9-10,12-13H2,1-2H3,(H,25,28,29). The van der Waals surface area contributed by atoms with Crippen LogP contribution in [0.15, 0.2) is 42.5 Å². The third-order valence-electron chi connectivity index (χ3n) is 6.49. The molecule has 0 bridgehead atoms. The van der Waals surface area contributed by atoms with Crippen LogP contribution in [0.5, 0.6) is 0 Å². The number of benzene rings is 2. The first-order valence-corrected chi connectivity index (χ1v) is 10.5. The summed E-state index contributed by atoms with van der Waals surface area (Å²) in [5.41, 5.74) is 3.67. The maximum absolute atomic E-state index is 13.4. The van der Waals surface area contributed by atoms with Crippen molar-refractivity contribution in [3.8, 4) is 0 Å². The van der Waals surface area contributed by atoms with Crippen molar-refractivity contribution in [3.05, 3.63) is 64.7 Å². The number of amides is 4. The fourth-order valence-corrected chi connectivity index (χ4v) is 4.89. The van der Waals surface area contributed by atoms with Crippen molar-refractivity contribution in [3.63, 3.8) is 0 Å². The molecule has 1 atom stereocenters. The molecule has 7 nitrogen and oxygen atoms in total. The van der Waals surface area contributed by atoms with E-state index in [0.717, 1.165) is 16.8 Å². The number of hydrogen-bond donors (Lipinski definition) is 1. The molecule has 0 spiro atoms. The highest BCUT2D eigenvalue weighted by Crippen LogP contribution is 2.41. The van der Waals surface area contributed by atoms with Gasteiger partial charge in [0.15, 0.2) is 0 Å². The lowest BCUT2D eigenvalue weighted by Crippen LogP contribution is -2.52. The van der Waals surface area contributed by atoms with E-state index < -0.39 is 11.9 Å². The zero-order chi connectivity index (χ0) is 21.9. The van der Waals surface area contributed by atoms with Gasteiger partial charge in [-0.25, -0.2) is 0 Å². The molecule has 1 unspecified atom stereocenters. The Labute approximate surface area is 180 Å². The summed E-state index contributed by atoms with van der Waals surface area (Å²) in [7, 11) is 0. The molecule has 2 aromatic rings. The first kappa shape index (κ1) is 19.5. The van der Waals surface area contributed by atoms with Gasteiger partial charge >= 0.3 is 0 Å². The summed E-state index contributed by atoms with van der Waals surface area (Å²) in [5.74, 6) is -1.10. The van der Waals surface area contributed by atoms with E-state index in [1.165, 1.54) is 4.90 Å². The second-order valence-corrected chi connectivity index (χ2v) is 9.06. The summed E-state index contributed by atoms with van der Waals surface area (Å²) in [6.07, 6.45) is 0.528. The Kier molecular flexibility index (Phi) is 4.25. The summed E-state index contributed by atoms with van der Waals surface area (Å²) >= 11 is 0. The van der Waals surface area contributed by atoms with Gasteiger partial charge in [0.05, 0.1) is 0 Å². The molecule has 3 heterocycles. The van der Waals surface area contributed by atoms with E-state index >= 15 is 0 Å². The lowest BCUT2D eigenvalue weighted by atomic mass is 9.87. The predicted molar refractivity (Wildman–Crippen MR) is 114 cm³/mol. The Morgan fingerprint density at radius 1 is 1.10 bits per heavy atom. The van der Waals surface area contributed by atoms with Crippen molar-refractivity contribution in [2.75, 3.05) is 11.4 Å². The van der Waals surface area contributed by atoms with Gasteiger partial charge in [-0.05, 0) is 41.8 Å². The van der Waals surface area contributed by atoms with Crippen molar-refractivity contribution in [1.82, 2.24) is 10.2 Å². The van der Waals surface area contributed by atoms with Crippen LogP contribution in [0, 0.1) is 0 Å². The highest BCUT2D eigenvalue weighted by Gasteiger charge is 2.41. The van der Waals surface area contributed by atoms with Gasteiger partial charge < -0.3 is 9.80 Å². The van der Waals surface area contributed by atoms with Gasteiger partial charge in [-0.1, -0.05) is 32.0 Å². The second-order valence-electron chi connectivity index (χ2n) is 9.06. The Morgan fingerprint density at radius 3 is 2.65 bits per heavy atom. The molecule has 0 aliphatic carbocycles. The summed E-state index contributed by atoms with van der Waals surface area (Å²) in [6.45, 7) is 5.09. The maximum Gasteiger partial charge on any atom is 0.258 e. The maximum atomic E-state index is 13.4. The minimum atomic E-state index is -0.664. The SMILES string of the molecule is CC1(C)CN(C(=O)c2ccc3c(c2)CN(C2CCC(=O)NC2=O)C3=O)c2ccccc21. The molecule has 4 amide bonds. The van der Waals surface area contributed by atoms with Crippen molar-refractivity contribution >= 4 is 29.3 Å². The normalized spacial score (nSPS) is 21.7. The molecule has 1 N–H and O–H groups in total. The highest BCUT2D eigenvalue weighted by molar-refractivity contribution is 6.09. The minimum Gasteiger partial charge on any atom is -0.322 e. The number of rotatable bonds is 2. The van der Waals surface area contributed by atoms with E-state index in [4.69, 9.17) is 0 Å². The molecule has 3 aliphatic rings. The molecular weight excluding hydrogens is 394 g/mol. The smallest absolute Gasteiger partial charge is 0.258 e. The minimum absolute atomic E-state index is 0.104. The van der Waals surface area contributed by atoms with Gasteiger partial charge in [0.2, 0.25) is 11.8 Å². The molecule has 7 heteroatoms. The molecule has 31 heavy (non-hydrogen) atoms. The third kappa shape index (κ3) is 3.03. The molecule has 0 aromatic heterocycles. The number of hydrogen-bond acceptors (Lipinski definition) is 4. The number of piperidine rings is 1. The van der Waals surface area contributed by atoms with Crippen LogP contribution in [0.2, 0.25) is 0 Å². The molecule has 1 saturated heterocycles. The summed E-state index contributed by atoms with van der Waals surface area (Å²) < 4.78 is 0. The number of nitrogens with zero attached hydrogens (tertiary/aromatic N) is 2. The molecule has 0 radical (unpaired) electrons. The van der Waals surface area contributed by atoms with Crippen molar-refractivity contribution < 1.29 is 19.2 Å². The van der Waals surface area contributed by atoms with Crippen molar-refractivity contribution in [2.45, 2.75) is 44.7 Å². The summed E-state index contributed by atoms with van der Waals surface area (Å²) in [5, 5.41) is 2.30. The number of para-hydroxylation sites is 1. The number of carbonyl (C=O) groups excluding carboxylic acids is 4. The number of anilines is 1. The Morgan fingerprint density at radius 2 is 1.87 bits per heavy atom. The number of nitrogens with one attached hydrogen (secondary N) is 1. The number of fused-ring (bicyclic) bond motifs is 2. The number of imide groups is 1. The van der Waals surface area contributed by atoms with Crippen LogP contribution in [-0.4, -0.2) is 41.1 Å². The summed E-state index contributed by atoms with van der Waals surface area (Å²) in [4.78, 5) is 53.2. The molecule has 2 aromatic carbocycles. The van der Waals surface area contributed by atoms with Crippen LogP contribution >= 0.6 is 0 Å². The van der Waals surface area contributed by atoms with E-state index in [1.807, 2.05) is 18.2 Å². The predicted octanol–water partition coefficient (Wildman–Crippen LogP) is 2.39. The van der Waals surface area contributed by atoms with Crippen LogP contribution in [0.4, 0.5) is 5.69 Å². The van der Waals surface area contributed by atoms with Gasteiger partial charge in [-0.15, -0.1) is 0 Å². The molecule has 0 saturated carbocycles. The lowest BCUT2D eigenvalue weighted by Gasteiger charge is -2.29. The summed E-state index contributed by atoms with van der Waals surface area (Å²) in [6, 6.07) is 12.4. The van der Waals surface area contributed by atoms with Crippen LogP contribution in [0.25, 0.3) is 0 Å².